The molecule has 0 atom stereocenters. The SMILES string of the molecule is CCCC(C)(C)Nc1ccc(C(=O)CC)cc1. The van der Waals surface area contributed by atoms with Gasteiger partial charge in [-0.1, -0.05) is 20.3 Å². The Labute approximate surface area is 104 Å². The first kappa shape index (κ1) is 13.8. The molecule has 1 rings (SSSR count). The fraction of sp³-hybridized carbons (Fsp3) is 0.533. The summed E-state index contributed by atoms with van der Waals surface area (Å²) in [6.45, 7) is 8.47. The van der Waals surface area contributed by atoms with Gasteiger partial charge in [0.1, 0.15) is 0 Å². The molecule has 0 saturated heterocycles. The summed E-state index contributed by atoms with van der Waals surface area (Å²) in [6.07, 6.45) is 2.85. The number of Topliss-reactive ketones (excluding diaryl/α,β-unsaturated/α-hetero) is 1. The number of carbonyl (C=O) groups excluding carboxylic acids is 1. The summed E-state index contributed by atoms with van der Waals surface area (Å²) < 4.78 is 0. The monoisotopic (exact) mass is 233 g/mol. The predicted molar refractivity (Wildman–Crippen MR) is 73.7 cm³/mol. The van der Waals surface area contributed by atoms with Crippen molar-refractivity contribution in [3.8, 4) is 0 Å². The maximum atomic E-state index is 11.5. The van der Waals surface area contributed by atoms with Crippen LogP contribution in [0.1, 0.15) is 57.3 Å². The normalized spacial score (nSPS) is 11.3. The molecule has 0 aromatic heterocycles. The van der Waals surface area contributed by atoms with E-state index in [2.05, 4.69) is 26.1 Å². The van der Waals surface area contributed by atoms with Crippen LogP contribution in [0.3, 0.4) is 0 Å². The van der Waals surface area contributed by atoms with Crippen LogP contribution in [-0.2, 0) is 0 Å². The molecular weight excluding hydrogens is 210 g/mol. The highest BCUT2D eigenvalue weighted by molar-refractivity contribution is 5.96. The Hall–Kier alpha value is -1.31. The quantitative estimate of drug-likeness (QED) is 0.743. The second-order valence-corrected chi connectivity index (χ2v) is 5.11. The summed E-state index contributed by atoms with van der Waals surface area (Å²) in [4.78, 5) is 11.5. The molecule has 2 heteroatoms. The second-order valence-electron chi connectivity index (χ2n) is 5.11. The van der Waals surface area contributed by atoms with Crippen molar-refractivity contribution in [1.29, 1.82) is 0 Å². The summed E-state index contributed by atoms with van der Waals surface area (Å²) in [5.41, 5.74) is 1.98. The van der Waals surface area contributed by atoms with Gasteiger partial charge in [0.25, 0.3) is 0 Å². The second kappa shape index (κ2) is 5.85. The van der Waals surface area contributed by atoms with Crippen molar-refractivity contribution in [2.45, 2.75) is 52.5 Å². The van der Waals surface area contributed by atoms with Gasteiger partial charge in [-0.25, -0.2) is 0 Å². The van der Waals surface area contributed by atoms with E-state index in [0.717, 1.165) is 24.1 Å². The van der Waals surface area contributed by atoms with Gasteiger partial charge in [-0.2, -0.15) is 0 Å². The zero-order valence-electron chi connectivity index (χ0n) is 11.3. The van der Waals surface area contributed by atoms with E-state index in [4.69, 9.17) is 0 Å². The van der Waals surface area contributed by atoms with E-state index < -0.39 is 0 Å². The Morgan fingerprint density at radius 2 is 1.76 bits per heavy atom. The topological polar surface area (TPSA) is 29.1 Å². The number of carbonyl (C=O) groups is 1. The minimum atomic E-state index is 0.102. The largest absolute Gasteiger partial charge is 0.380 e. The fourth-order valence-corrected chi connectivity index (χ4v) is 2.02. The number of ketones is 1. The smallest absolute Gasteiger partial charge is 0.162 e. The van der Waals surface area contributed by atoms with E-state index in [0.29, 0.717) is 6.42 Å². The van der Waals surface area contributed by atoms with Gasteiger partial charge in [0.2, 0.25) is 0 Å². The van der Waals surface area contributed by atoms with Crippen LogP contribution in [0.25, 0.3) is 0 Å². The van der Waals surface area contributed by atoms with E-state index in [1.54, 1.807) is 0 Å². The maximum Gasteiger partial charge on any atom is 0.162 e. The van der Waals surface area contributed by atoms with Crippen LogP contribution in [0.15, 0.2) is 24.3 Å². The molecule has 0 aliphatic carbocycles. The molecule has 94 valence electrons. The van der Waals surface area contributed by atoms with Gasteiger partial charge < -0.3 is 5.32 Å². The van der Waals surface area contributed by atoms with Crippen molar-refractivity contribution < 1.29 is 4.79 Å². The summed E-state index contributed by atoms with van der Waals surface area (Å²) in [5, 5.41) is 3.49. The number of hydrogen-bond donors (Lipinski definition) is 1. The van der Waals surface area contributed by atoms with Crippen molar-refractivity contribution in [2.75, 3.05) is 5.32 Å². The van der Waals surface area contributed by atoms with Gasteiger partial charge in [0.15, 0.2) is 5.78 Å². The molecule has 1 N–H and O–H groups in total. The van der Waals surface area contributed by atoms with Gasteiger partial charge in [-0.3, -0.25) is 4.79 Å². The number of anilines is 1. The molecule has 0 saturated carbocycles. The number of rotatable bonds is 6. The van der Waals surface area contributed by atoms with Crippen molar-refractivity contribution in [3.63, 3.8) is 0 Å². The van der Waals surface area contributed by atoms with E-state index in [1.165, 1.54) is 0 Å². The van der Waals surface area contributed by atoms with Crippen molar-refractivity contribution in [1.82, 2.24) is 0 Å². The lowest BCUT2D eigenvalue weighted by Crippen LogP contribution is -2.30. The van der Waals surface area contributed by atoms with Gasteiger partial charge in [-0.05, 0) is 44.5 Å². The molecule has 0 aliphatic rings. The number of benzene rings is 1. The van der Waals surface area contributed by atoms with E-state index >= 15 is 0 Å². The molecule has 17 heavy (non-hydrogen) atoms. The van der Waals surface area contributed by atoms with Gasteiger partial charge >= 0.3 is 0 Å². The third kappa shape index (κ3) is 4.22. The minimum absolute atomic E-state index is 0.102. The summed E-state index contributed by atoms with van der Waals surface area (Å²) in [6, 6.07) is 7.77. The Balaban J connectivity index is 2.71. The molecule has 2 nitrogen and oxygen atoms in total. The Kier molecular flexibility index (Phi) is 4.73. The van der Waals surface area contributed by atoms with Crippen LogP contribution < -0.4 is 5.32 Å². The minimum Gasteiger partial charge on any atom is -0.380 e. The first-order valence-electron chi connectivity index (χ1n) is 6.40. The van der Waals surface area contributed by atoms with Crippen LogP contribution in [0.2, 0.25) is 0 Å². The standard InChI is InChI=1S/C15H23NO/c1-5-11-15(3,4)16-13-9-7-12(8-10-13)14(17)6-2/h7-10,16H,5-6,11H2,1-4H3. The van der Waals surface area contributed by atoms with Gasteiger partial charge in [0, 0.05) is 23.2 Å². The first-order chi connectivity index (χ1) is 7.98. The van der Waals surface area contributed by atoms with E-state index in [-0.39, 0.29) is 11.3 Å². The molecular formula is C15H23NO. The summed E-state index contributed by atoms with van der Waals surface area (Å²) in [5.74, 6) is 0.198. The van der Waals surface area contributed by atoms with Crippen molar-refractivity contribution in [2.24, 2.45) is 0 Å². The molecule has 0 radical (unpaired) electrons. The van der Waals surface area contributed by atoms with E-state index in [1.807, 2.05) is 31.2 Å². The van der Waals surface area contributed by atoms with Crippen molar-refractivity contribution in [3.05, 3.63) is 29.8 Å². The first-order valence-corrected chi connectivity index (χ1v) is 6.40. The molecule has 1 aromatic rings. The third-order valence-electron chi connectivity index (χ3n) is 2.89. The van der Waals surface area contributed by atoms with Crippen LogP contribution in [0.4, 0.5) is 5.69 Å². The Morgan fingerprint density at radius 3 is 2.24 bits per heavy atom. The van der Waals surface area contributed by atoms with Gasteiger partial charge in [0.05, 0.1) is 0 Å². The molecule has 1 aromatic carbocycles. The van der Waals surface area contributed by atoms with Crippen LogP contribution in [0, 0.1) is 0 Å². The molecule has 0 bridgehead atoms. The lowest BCUT2D eigenvalue weighted by atomic mass is 9.98. The zero-order valence-corrected chi connectivity index (χ0v) is 11.3. The Morgan fingerprint density at radius 1 is 1.18 bits per heavy atom. The molecule has 0 heterocycles. The lowest BCUT2D eigenvalue weighted by molar-refractivity contribution is 0.0988. The lowest BCUT2D eigenvalue weighted by Gasteiger charge is -2.27. The van der Waals surface area contributed by atoms with Crippen molar-refractivity contribution >= 4 is 11.5 Å². The average Bonchev–Trinajstić information content (AvgIpc) is 2.28. The molecule has 0 fully saturated rings. The highest BCUT2D eigenvalue weighted by Gasteiger charge is 2.15. The number of hydrogen-bond acceptors (Lipinski definition) is 2. The summed E-state index contributed by atoms with van der Waals surface area (Å²) in [7, 11) is 0. The highest BCUT2D eigenvalue weighted by Crippen LogP contribution is 2.20. The molecule has 0 aliphatic heterocycles. The fourth-order valence-electron chi connectivity index (χ4n) is 2.02. The molecule has 0 unspecified atom stereocenters. The third-order valence-corrected chi connectivity index (χ3v) is 2.89. The van der Waals surface area contributed by atoms with Crippen LogP contribution in [-0.4, -0.2) is 11.3 Å². The zero-order chi connectivity index (χ0) is 12.9. The van der Waals surface area contributed by atoms with E-state index in [9.17, 15) is 4.79 Å². The highest BCUT2D eigenvalue weighted by atomic mass is 16.1. The molecule has 0 amide bonds. The summed E-state index contributed by atoms with van der Waals surface area (Å²) >= 11 is 0. The predicted octanol–water partition coefficient (Wildman–Crippen LogP) is 4.27. The van der Waals surface area contributed by atoms with Crippen LogP contribution >= 0.6 is 0 Å². The Bertz CT molecular complexity index is 365. The maximum absolute atomic E-state index is 11.5. The van der Waals surface area contributed by atoms with Crippen LogP contribution in [0.5, 0.6) is 0 Å². The number of nitrogens with one attached hydrogen (secondary N) is 1. The molecule has 0 spiro atoms. The average molecular weight is 233 g/mol. The van der Waals surface area contributed by atoms with Gasteiger partial charge in [-0.15, -0.1) is 0 Å².